The molecular weight excluding hydrogens is 270 g/mol. The minimum absolute atomic E-state index is 0.303. The van der Waals surface area contributed by atoms with Gasteiger partial charge in [0.2, 0.25) is 5.95 Å². The van der Waals surface area contributed by atoms with E-state index in [0.717, 1.165) is 29.8 Å². The zero-order valence-electron chi connectivity index (χ0n) is 9.94. The van der Waals surface area contributed by atoms with Gasteiger partial charge in [0.15, 0.2) is 0 Å². The summed E-state index contributed by atoms with van der Waals surface area (Å²) in [6.45, 7) is 2.00. The predicted molar refractivity (Wildman–Crippen MR) is 70.6 cm³/mol. The average molecular weight is 288 g/mol. The van der Waals surface area contributed by atoms with Gasteiger partial charge in [-0.15, -0.1) is 0 Å². The Morgan fingerprint density at radius 1 is 1.31 bits per heavy atom. The van der Waals surface area contributed by atoms with Crippen LogP contribution in [-0.2, 0) is 0 Å². The van der Waals surface area contributed by atoms with E-state index in [1.807, 2.05) is 7.05 Å². The number of nitrogens with zero attached hydrogens (tertiary/aromatic N) is 4. The molecule has 6 heteroatoms. The number of anilines is 2. The Morgan fingerprint density at radius 2 is 2.00 bits per heavy atom. The molecule has 2 N–H and O–H groups in total. The molecule has 1 aromatic heterocycles. The molecule has 0 aliphatic rings. The second kappa shape index (κ2) is 6.00. The van der Waals surface area contributed by atoms with Crippen molar-refractivity contribution in [3.05, 3.63) is 10.7 Å². The van der Waals surface area contributed by atoms with Crippen LogP contribution in [-0.4, -0.2) is 49.1 Å². The van der Waals surface area contributed by atoms with Crippen LogP contribution in [0.3, 0.4) is 0 Å². The van der Waals surface area contributed by atoms with Crippen molar-refractivity contribution in [2.24, 2.45) is 0 Å². The summed E-state index contributed by atoms with van der Waals surface area (Å²) >= 11 is 3.42. The third-order valence-electron chi connectivity index (χ3n) is 2.20. The number of nitrogen functional groups attached to an aromatic ring is 1. The van der Waals surface area contributed by atoms with Crippen molar-refractivity contribution in [1.82, 2.24) is 14.9 Å². The first-order chi connectivity index (χ1) is 7.50. The fourth-order valence-corrected chi connectivity index (χ4v) is 1.86. The van der Waals surface area contributed by atoms with Crippen LogP contribution in [0.2, 0.25) is 0 Å². The highest BCUT2D eigenvalue weighted by Crippen LogP contribution is 2.22. The topological polar surface area (TPSA) is 58.3 Å². The van der Waals surface area contributed by atoms with E-state index in [0.29, 0.717) is 5.95 Å². The van der Waals surface area contributed by atoms with Crippen LogP contribution in [0.5, 0.6) is 0 Å². The van der Waals surface area contributed by atoms with Gasteiger partial charge in [0.05, 0.1) is 4.47 Å². The fourth-order valence-electron chi connectivity index (χ4n) is 1.37. The molecule has 0 bridgehead atoms. The highest BCUT2D eigenvalue weighted by atomic mass is 79.9. The molecule has 0 radical (unpaired) electrons. The molecule has 90 valence electrons. The average Bonchev–Trinajstić information content (AvgIpc) is 2.21. The normalized spacial score (nSPS) is 10.8. The van der Waals surface area contributed by atoms with Crippen molar-refractivity contribution >= 4 is 27.7 Å². The largest absolute Gasteiger partial charge is 0.368 e. The Hall–Kier alpha value is -0.880. The van der Waals surface area contributed by atoms with Gasteiger partial charge < -0.3 is 15.5 Å². The predicted octanol–water partition coefficient (Wildman–Crippen LogP) is 1.21. The van der Waals surface area contributed by atoms with E-state index in [-0.39, 0.29) is 0 Å². The van der Waals surface area contributed by atoms with E-state index in [4.69, 9.17) is 5.73 Å². The molecule has 1 heterocycles. The molecule has 0 fully saturated rings. The van der Waals surface area contributed by atoms with Crippen LogP contribution in [0.4, 0.5) is 11.8 Å². The molecule has 0 spiro atoms. The quantitative estimate of drug-likeness (QED) is 0.882. The lowest BCUT2D eigenvalue weighted by Gasteiger charge is -2.20. The Bertz CT molecular complexity index is 342. The first-order valence-electron chi connectivity index (χ1n) is 5.14. The number of aromatic nitrogens is 2. The third-order valence-corrected chi connectivity index (χ3v) is 2.76. The molecule has 0 saturated heterocycles. The van der Waals surface area contributed by atoms with Crippen LogP contribution < -0.4 is 10.6 Å². The molecule has 0 aliphatic carbocycles. The van der Waals surface area contributed by atoms with Crippen LogP contribution in [0.1, 0.15) is 6.42 Å². The van der Waals surface area contributed by atoms with Crippen LogP contribution in [0, 0.1) is 0 Å². The van der Waals surface area contributed by atoms with Gasteiger partial charge in [0.25, 0.3) is 0 Å². The maximum absolute atomic E-state index is 5.56. The number of rotatable bonds is 5. The lowest BCUT2D eigenvalue weighted by atomic mass is 10.3. The van der Waals surface area contributed by atoms with Gasteiger partial charge in [-0.05, 0) is 43.0 Å². The summed E-state index contributed by atoms with van der Waals surface area (Å²) in [6, 6.07) is 0. The molecule has 0 amide bonds. The number of hydrogen-bond acceptors (Lipinski definition) is 5. The summed E-state index contributed by atoms with van der Waals surface area (Å²) in [4.78, 5) is 12.4. The van der Waals surface area contributed by atoms with E-state index in [9.17, 15) is 0 Å². The van der Waals surface area contributed by atoms with Gasteiger partial charge in [0.1, 0.15) is 5.82 Å². The monoisotopic (exact) mass is 287 g/mol. The molecule has 0 atom stereocenters. The van der Waals surface area contributed by atoms with E-state index in [2.05, 4.69) is 49.8 Å². The van der Waals surface area contributed by atoms with E-state index >= 15 is 0 Å². The molecule has 0 unspecified atom stereocenters. The lowest BCUT2D eigenvalue weighted by molar-refractivity contribution is 0.401. The van der Waals surface area contributed by atoms with Gasteiger partial charge in [-0.2, -0.15) is 4.98 Å². The van der Waals surface area contributed by atoms with Crippen molar-refractivity contribution < 1.29 is 0 Å². The lowest BCUT2D eigenvalue weighted by Crippen LogP contribution is -2.24. The molecule has 16 heavy (non-hydrogen) atoms. The summed E-state index contributed by atoms with van der Waals surface area (Å²) in [5, 5.41) is 0. The Morgan fingerprint density at radius 3 is 2.62 bits per heavy atom. The molecule has 0 aliphatic heterocycles. The molecule has 0 saturated carbocycles. The fraction of sp³-hybridized carbons (Fsp3) is 0.600. The van der Waals surface area contributed by atoms with E-state index in [1.54, 1.807) is 6.20 Å². The highest BCUT2D eigenvalue weighted by Gasteiger charge is 2.08. The van der Waals surface area contributed by atoms with Crippen LogP contribution in [0.15, 0.2) is 10.7 Å². The van der Waals surface area contributed by atoms with Crippen LogP contribution in [0.25, 0.3) is 0 Å². The molecule has 1 rings (SSSR count). The maximum Gasteiger partial charge on any atom is 0.222 e. The van der Waals surface area contributed by atoms with E-state index < -0.39 is 0 Å². The smallest absolute Gasteiger partial charge is 0.222 e. The second-order valence-corrected chi connectivity index (χ2v) is 4.83. The minimum atomic E-state index is 0.303. The number of nitrogens with two attached hydrogens (primary N) is 1. The van der Waals surface area contributed by atoms with Crippen molar-refractivity contribution in [3.63, 3.8) is 0 Å². The minimum Gasteiger partial charge on any atom is -0.368 e. The summed E-state index contributed by atoms with van der Waals surface area (Å²) in [6.07, 6.45) is 2.76. The van der Waals surface area contributed by atoms with Crippen molar-refractivity contribution in [1.29, 1.82) is 0 Å². The van der Waals surface area contributed by atoms with Crippen LogP contribution >= 0.6 is 15.9 Å². The Balaban J connectivity index is 2.58. The van der Waals surface area contributed by atoms with Crippen molar-refractivity contribution in [2.45, 2.75) is 6.42 Å². The van der Waals surface area contributed by atoms with Crippen molar-refractivity contribution in [3.8, 4) is 0 Å². The first kappa shape index (κ1) is 13.2. The molecule has 0 aromatic carbocycles. The summed E-state index contributed by atoms with van der Waals surface area (Å²) in [5.41, 5.74) is 5.56. The maximum atomic E-state index is 5.56. The van der Waals surface area contributed by atoms with Gasteiger partial charge in [-0.3, -0.25) is 0 Å². The third kappa shape index (κ3) is 3.94. The number of halogens is 1. The van der Waals surface area contributed by atoms with Gasteiger partial charge in [-0.1, -0.05) is 0 Å². The van der Waals surface area contributed by atoms with E-state index in [1.165, 1.54) is 0 Å². The van der Waals surface area contributed by atoms with Crippen molar-refractivity contribution in [2.75, 3.05) is 44.9 Å². The summed E-state index contributed by atoms with van der Waals surface area (Å²) in [5.74, 6) is 1.14. The first-order valence-corrected chi connectivity index (χ1v) is 5.94. The Labute approximate surface area is 105 Å². The standard InChI is InChI=1S/C10H18BrN5/c1-15(2)5-4-6-16(3)9-8(11)7-13-10(12)14-9/h7H,4-6H2,1-3H3,(H2,12,13,14). The highest BCUT2D eigenvalue weighted by molar-refractivity contribution is 9.10. The number of hydrogen-bond donors (Lipinski definition) is 1. The van der Waals surface area contributed by atoms with Gasteiger partial charge >= 0.3 is 0 Å². The zero-order chi connectivity index (χ0) is 12.1. The van der Waals surface area contributed by atoms with Gasteiger partial charge in [0, 0.05) is 19.8 Å². The Kier molecular flexibility index (Phi) is 4.95. The molecule has 1 aromatic rings. The summed E-state index contributed by atoms with van der Waals surface area (Å²) < 4.78 is 0.869. The summed E-state index contributed by atoms with van der Waals surface area (Å²) in [7, 11) is 6.14. The second-order valence-electron chi connectivity index (χ2n) is 3.98. The van der Waals surface area contributed by atoms with Gasteiger partial charge in [-0.25, -0.2) is 4.98 Å². The zero-order valence-corrected chi connectivity index (χ0v) is 11.5. The molecular formula is C10H18BrN5. The molecule has 5 nitrogen and oxygen atoms in total. The SMILES string of the molecule is CN(C)CCCN(C)c1nc(N)ncc1Br.